The highest BCUT2D eigenvalue weighted by atomic mass is 32.1. The van der Waals surface area contributed by atoms with E-state index < -0.39 is 0 Å². The first-order valence-corrected chi connectivity index (χ1v) is 7.88. The van der Waals surface area contributed by atoms with E-state index in [1.807, 2.05) is 19.5 Å². The first-order valence-electron chi connectivity index (χ1n) is 7.00. The van der Waals surface area contributed by atoms with Crippen molar-refractivity contribution < 1.29 is 4.79 Å². The standard InChI is InChI=1S/C14H23N3OS/c1-11-12(19-10-17-11)9-16-13(18)8-14(15-2)6-4-3-5-7-14/h10,15H,3-9H2,1-2H3,(H,16,18). The molecule has 0 atom stereocenters. The third-order valence-electron chi connectivity index (χ3n) is 4.13. The summed E-state index contributed by atoms with van der Waals surface area (Å²) in [5, 5.41) is 6.41. The average Bonchev–Trinajstić information content (AvgIpc) is 2.83. The quantitative estimate of drug-likeness (QED) is 0.871. The van der Waals surface area contributed by atoms with E-state index in [0.29, 0.717) is 13.0 Å². The van der Waals surface area contributed by atoms with Crippen molar-refractivity contribution in [2.75, 3.05) is 7.05 Å². The van der Waals surface area contributed by atoms with Gasteiger partial charge in [-0.1, -0.05) is 19.3 Å². The molecule has 1 saturated carbocycles. The molecular weight excluding hydrogens is 258 g/mol. The second-order valence-corrected chi connectivity index (χ2v) is 6.34. The Morgan fingerprint density at radius 1 is 1.42 bits per heavy atom. The van der Waals surface area contributed by atoms with Gasteiger partial charge in [-0.15, -0.1) is 11.3 Å². The zero-order valence-electron chi connectivity index (χ0n) is 11.8. The second-order valence-electron chi connectivity index (χ2n) is 5.41. The predicted octanol–water partition coefficient (Wildman–Crippen LogP) is 2.38. The molecule has 1 amide bonds. The number of hydrogen-bond donors (Lipinski definition) is 2. The minimum atomic E-state index is 0.0189. The van der Waals surface area contributed by atoms with Gasteiger partial charge in [0.15, 0.2) is 0 Å². The third-order valence-corrected chi connectivity index (χ3v) is 5.07. The number of carbonyl (C=O) groups excluding carboxylic acids is 1. The molecule has 2 rings (SSSR count). The fraction of sp³-hybridized carbons (Fsp3) is 0.714. The molecule has 2 N–H and O–H groups in total. The molecule has 1 aromatic rings. The Bertz CT molecular complexity index is 424. The predicted molar refractivity (Wildman–Crippen MR) is 78.2 cm³/mol. The van der Waals surface area contributed by atoms with Crippen LogP contribution in [0.4, 0.5) is 0 Å². The zero-order chi connectivity index (χ0) is 13.7. The van der Waals surface area contributed by atoms with Crippen molar-refractivity contribution in [2.24, 2.45) is 0 Å². The summed E-state index contributed by atoms with van der Waals surface area (Å²) < 4.78 is 0. The Morgan fingerprint density at radius 3 is 2.74 bits per heavy atom. The molecule has 106 valence electrons. The molecule has 0 spiro atoms. The molecule has 0 saturated heterocycles. The maximum Gasteiger partial charge on any atom is 0.222 e. The van der Waals surface area contributed by atoms with Crippen LogP contribution in [-0.4, -0.2) is 23.5 Å². The first kappa shape index (κ1) is 14.5. The van der Waals surface area contributed by atoms with E-state index in [0.717, 1.165) is 23.4 Å². The fourth-order valence-corrected chi connectivity index (χ4v) is 3.51. The molecule has 0 bridgehead atoms. The summed E-state index contributed by atoms with van der Waals surface area (Å²) >= 11 is 1.60. The van der Waals surface area contributed by atoms with Crippen LogP contribution < -0.4 is 10.6 Å². The van der Waals surface area contributed by atoms with Gasteiger partial charge in [0, 0.05) is 16.8 Å². The molecule has 4 nitrogen and oxygen atoms in total. The summed E-state index contributed by atoms with van der Waals surface area (Å²) in [6.07, 6.45) is 6.55. The number of hydrogen-bond acceptors (Lipinski definition) is 4. The lowest BCUT2D eigenvalue weighted by Gasteiger charge is -2.36. The van der Waals surface area contributed by atoms with Crippen molar-refractivity contribution >= 4 is 17.2 Å². The van der Waals surface area contributed by atoms with Crippen LogP contribution in [0.3, 0.4) is 0 Å². The highest BCUT2D eigenvalue weighted by Gasteiger charge is 2.32. The summed E-state index contributed by atoms with van der Waals surface area (Å²) in [5.74, 6) is 0.143. The summed E-state index contributed by atoms with van der Waals surface area (Å²) in [6.45, 7) is 2.59. The molecule has 1 fully saturated rings. The van der Waals surface area contributed by atoms with Gasteiger partial charge in [0.05, 0.1) is 17.7 Å². The van der Waals surface area contributed by atoms with E-state index in [-0.39, 0.29) is 11.4 Å². The van der Waals surface area contributed by atoms with Crippen molar-refractivity contribution in [2.45, 2.75) is 57.5 Å². The van der Waals surface area contributed by atoms with E-state index in [1.165, 1.54) is 19.3 Å². The van der Waals surface area contributed by atoms with Gasteiger partial charge in [-0.05, 0) is 26.8 Å². The van der Waals surface area contributed by atoms with Gasteiger partial charge in [0.2, 0.25) is 5.91 Å². The van der Waals surface area contributed by atoms with Crippen LogP contribution >= 0.6 is 11.3 Å². The Hall–Kier alpha value is -0.940. The van der Waals surface area contributed by atoms with Crippen LogP contribution in [0, 0.1) is 6.92 Å². The Labute approximate surface area is 119 Å². The van der Waals surface area contributed by atoms with E-state index in [4.69, 9.17) is 0 Å². The Kier molecular flexibility index (Phi) is 4.93. The van der Waals surface area contributed by atoms with Gasteiger partial charge < -0.3 is 10.6 Å². The van der Waals surface area contributed by atoms with Gasteiger partial charge >= 0.3 is 0 Å². The normalized spacial score (nSPS) is 18.2. The third kappa shape index (κ3) is 3.76. The maximum absolute atomic E-state index is 12.1. The van der Waals surface area contributed by atoms with Crippen molar-refractivity contribution in [3.63, 3.8) is 0 Å². The fourth-order valence-electron chi connectivity index (χ4n) is 2.79. The van der Waals surface area contributed by atoms with Crippen LogP contribution in [0.2, 0.25) is 0 Å². The van der Waals surface area contributed by atoms with Crippen molar-refractivity contribution in [1.82, 2.24) is 15.6 Å². The Morgan fingerprint density at radius 2 is 2.16 bits per heavy atom. The van der Waals surface area contributed by atoms with Crippen LogP contribution in [0.1, 0.15) is 49.1 Å². The molecule has 1 heterocycles. The molecule has 5 heteroatoms. The van der Waals surface area contributed by atoms with Gasteiger partial charge in [0.25, 0.3) is 0 Å². The van der Waals surface area contributed by atoms with Gasteiger partial charge in [-0.25, -0.2) is 4.98 Å². The van der Waals surface area contributed by atoms with E-state index in [1.54, 1.807) is 11.3 Å². The van der Waals surface area contributed by atoms with Gasteiger partial charge in [-0.3, -0.25) is 4.79 Å². The minimum absolute atomic E-state index is 0.0189. The highest BCUT2D eigenvalue weighted by Crippen LogP contribution is 2.30. The van der Waals surface area contributed by atoms with Gasteiger partial charge in [0.1, 0.15) is 0 Å². The molecule has 1 aliphatic rings. The smallest absolute Gasteiger partial charge is 0.222 e. The number of nitrogens with zero attached hydrogens (tertiary/aromatic N) is 1. The average molecular weight is 281 g/mol. The van der Waals surface area contributed by atoms with E-state index in [9.17, 15) is 4.79 Å². The Balaban J connectivity index is 1.84. The number of thiazole rings is 1. The van der Waals surface area contributed by atoms with Crippen LogP contribution in [-0.2, 0) is 11.3 Å². The maximum atomic E-state index is 12.1. The van der Waals surface area contributed by atoms with Crippen LogP contribution in [0.15, 0.2) is 5.51 Å². The number of amides is 1. The highest BCUT2D eigenvalue weighted by molar-refractivity contribution is 7.09. The van der Waals surface area contributed by atoms with Crippen molar-refractivity contribution in [3.8, 4) is 0 Å². The molecule has 1 aromatic heterocycles. The molecule has 1 aliphatic carbocycles. The minimum Gasteiger partial charge on any atom is -0.351 e. The molecule has 0 aromatic carbocycles. The lowest BCUT2D eigenvalue weighted by atomic mass is 9.79. The van der Waals surface area contributed by atoms with Crippen LogP contribution in [0.25, 0.3) is 0 Å². The monoisotopic (exact) mass is 281 g/mol. The van der Waals surface area contributed by atoms with Crippen LogP contribution in [0.5, 0.6) is 0 Å². The summed E-state index contributed by atoms with van der Waals surface area (Å²) in [6, 6.07) is 0. The molecule has 0 radical (unpaired) electrons. The summed E-state index contributed by atoms with van der Waals surface area (Å²) in [7, 11) is 1.98. The summed E-state index contributed by atoms with van der Waals surface area (Å²) in [5.41, 5.74) is 2.87. The second kappa shape index (κ2) is 6.48. The first-order chi connectivity index (χ1) is 9.15. The molecule has 0 aliphatic heterocycles. The van der Waals surface area contributed by atoms with Gasteiger partial charge in [-0.2, -0.15) is 0 Å². The number of nitrogens with one attached hydrogen (secondary N) is 2. The largest absolute Gasteiger partial charge is 0.351 e. The number of rotatable bonds is 5. The topological polar surface area (TPSA) is 54.0 Å². The number of carbonyl (C=O) groups is 1. The zero-order valence-corrected chi connectivity index (χ0v) is 12.6. The molecule has 19 heavy (non-hydrogen) atoms. The number of aryl methyl sites for hydroxylation is 1. The molecule has 0 unspecified atom stereocenters. The van der Waals surface area contributed by atoms with E-state index in [2.05, 4.69) is 15.6 Å². The lowest BCUT2D eigenvalue weighted by Crippen LogP contribution is -2.48. The SMILES string of the molecule is CNC1(CC(=O)NCc2scnc2C)CCCCC1. The molecular formula is C14H23N3OS. The van der Waals surface area contributed by atoms with Crippen molar-refractivity contribution in [3.05, 3.63) is 16.1 Å². The van der Waals surface area contributed by atoms with Crippen molar-refractivity contribution in [1.29, 1.82) is 0 Å². The summed E-state index contributed by atoms with van der Waals surface area (Å²) in [4.78, 5) is 17.5. The number of aromatic nitrogens is 1. The van der Waals surface area contributed by atoms with E-state index >= 15 is 0 Å². The lowest BCUT2D eigenvalue weighted by molar-refractivity contribution is -0.123.